The van der Waals surface area contributed by atoms with Crippen molar-refractivity contribution in [2.45, 2.75) is 31.3 Å². The van der Waals surface area contributed by atoms with Crippen LogP contribution in [0.4, 0.5) is 26.3 Å². The van der Waals surface area contributed by atoms with Gasteiger partial charge in [0.2, 0.25) is 0 Å². The quantitative estimate of drug-likeness (QED) is 0.619. The van der Waals surface area contributed by atoms with Crippen LogP contribution in [0.1, 0.15) is 34.5 Å². The van der Waals surface area contributed by atoms with Crippen LogP contribution in [0.3, 0.4) is 0 Å². The number of nitrogens with zero attached hydrogens (tertiary/aromatic N) is 4. The third kappa shape index (κ3) is 4.74. The predicted octanol–water partition coefficient (Wildman–Crippen LogP) is 3.37. The minimum atomic E-state index is -5.06. The number of amides is 2. The predicted molar refractivity (Wildman–Crippen MR) is 105 cm³/mol. The molecule has 0 radical (unpaired) electrons. The number of alkyl halides is 6. The van der Waals surface area contributed by atoms with E-state index in [1.54, 1.807) is 0 Å². The minimum absolute atomic E-state index is 0.00330. The SMILES string of the molecule is O=C(c1cnn(-c2cccc(C(F)(F)F)c2)c1C(F)(F)F)N1CCN(C(=O)[C@@H]2CCCO2)CC1. The number of benzene rings is 1. The first kappa shape index (κ1) is 24.0. The molecule has 0 spiro atoms. The van der Waals surface area contributed by atoms with E-state index in [4.69, 9.17) is 4.74 Å². The summed E-state index contributed by atoms with van der Waals surface area (Å²) in [4.78, 5) is 28.1. The molecule has 1 aromatic carbocycles. The van der Waals surface area contributed by atoms with Gasteiger partial charge in [0.25, 0.3) is 11.8 Å². The molecule has 2 amide bonds. The number of rotatable bonds is 3. The molecule has 13 heteroatoms. The van der Waals surface area contributed by atoms with Crippen molar-refractivity contribution in [3.05, 3.63) is 47.3 Å². The molecule has 2 aromatic rings. The first-order chi connectivity index (χ1) is 16.0. The van der Waals surface area contributed by atoms with Crippen molar-refractivity contribution in [1.29, 1.82) is 0 Å². The number of halogens is 6. The summed E-state index contributed by atoms with van der Waals surface area (Å²) in [5, 5.41) is 3.59. The Morgan fingerprint density at radius 1 is 0.971 bits per heavy atom. The van der Waals surface area contributed by atoms with E-state index in [1.165, 1.54) is 9.80 Å². The first-order valence-corrected chi connectivity index (χ1v) is 10.5. The van der Waals surface area contributed by atoms with Gasteiger partial charge in [-0.2, -0.15) is 31.4 Å². The Balaban J connectivity index is 1.56. The fraction of sp³-hybridized carbons (Fsp3) is 0.476. The summed E-state index contributed by atoms with van der Waals surface area (Å²) in [6.07, 6.45) is -8.29. The normalized spacial score (nSPS) is 19.5. The van der Waals surface area contributed by atoms with E-state index in [0.29, 0.717) is 30.0 Å². The second-order valence-electron chi connectivity index (χ2n) is 7.98. The Morgan fingerprint density at radius 2 is 1.65 bits per heavy atom. The minimum Gasteiger partial charge on any atom is -0.368 e. The van der Waals surface area contributed by atoms with Crippen LogP contribution in [0.2, 0.25) is 0 Å². The lowest BCUT2D eigenvalue weighted by molar-refractivity contribution is -0.143. The van der Waals surface area contributed by atoms with Gasteiger partial charge in [-0.1, -0.05) is 6.07 Å². The molecule has 4 rings (SSSR count). The summed E-state index contributed by atoms with van der Waals surface area (Å²) in [5.41, 5.74) is -3.86. The zero-order valence-corrected chi connectivity index (χ0v) is 17.7. The molecule has 2 saturated heterocycles. The first-order valence-electron chi connectivity index (χ1n) is 10.5. The number of piperazine rings is 1. The van der Waals surface area contributed by atoms with Gasteiger partial charge in [0.15, 0.2) is 5.69 Å². The molecular formula is C21H20F6N4O3. The molecule has 0 unspecified atom stereocenters. The number of carbonyl (C=O) groups excluding carboxylic acids is 2. The Hall–Kier alpha value is -3.09. The largest absolute Gasteiger partial charge is 0.434 e. The number of carbonyl (C=O) groups is 2. The van der Waals surface area contributed by atoms with E-state index >= 15 is 0 Å². The Bertz CT molecular complexity index is 1070. The average Bonchev–Trinajstić information content (AvgIpc) is 3.48. The van der Waals surface area contributed by atoms with Crippen molar-refractivity contribution in [2.24, 2.45) is 0 Å². The van der Waals surface area contributed by atoms with Crippen LogP contribution in [0.25, 0.3) is 5.69 Å². The molecule has 1 atom stereocenters. The molecule has 0 saturated carbocycles. The second-order valence-corrected chi connectivity index (χ2v) is 7.98. The fourth-order valence-electron chi connectivity index (χ4n) is 4.06. The maximum atomic E-state index is 13.9. The summed E-state index contributed by atoms with van der Waals surface area (Å²) in [6, 6.07) is 3.27. The number of ether oxygens (including phenoxy) is 1. The average molecular weight is 490 g/mol. The highest BCUT2D eigenvalue weighted by Gasteiger charge is 2.42. The highest BCUT2D eigenvalue weighted by molar-refractivity contribution is 5.95. The van der Waals surface area contributed by atoms with E-state index in [-0.39, 0.29) is 32.1 Å². The van der Waals surface area contributed by atoms with Crippen LogP contribution >= 0.6 is 0 Å². The topological polar surface area (TPSA) is 67.7 Å². The van der Waals surface area contributed by atoms with Gasteiger partial charge in [-0.25, -0.2) is 4.68 Å². The molecule has 2 aliphatic heterocycles. The van der Waals surface area contributed by atoms with E-state index in [1.807, 2.05) is 0 Å². The van der Waals surface area contributed by atoms with Crippen molar-refractivity contribution < 1.29 is 40.7 Å². The smallest absolute Gasteiger partial charge is 0.368 e. The van der Waals surface area contributed by atoms with Crippen LogP contribution in [-0.2, 0) is 21.9 Å². The number of aromatic nitrogens is 2. The van der Waals surface area contributed by atoms with Gasteiger partial charge >= 0.3 is 12.4 Å². The van der Waals surface area contributed by atoms with E-state index in [2.05, 4.69) is 5.10 Å². The highest BCUT2D eigenvalue weighted by Crippen LogP contribution is 2.36. The van der Waals surface area contributed by atoms with E-state index in [0.717, 1.165) is 24.6 Å². The van der Waals surface area contributed by atoms with Crippen molar-refractivity contribution >= 4 is 11.8 Å². The molecule has 2 fully saturated rings. The Labute approximate surface area is 189 Å². The molecule has 0 bridgehead atoms. The van der Waals surface area contributed by atoms with Gasteiger partial charge in [0.1, 0.15) is 6.10 Å². The molecule has 184 valence electrons. The lowest BCUT2D eigenvalue weighted by Crippen LogP contribution is -2.53. The Morgan fingerprint density at radius 3 is 2.24 bits per heavy atom. The van der Waals surface area contributed by atoms with Crippen LogP contribution in [0.5, 0.6) is 0 Å². The third-order valence-electron chi connectivity index (χ3n) is 5.77. The van der Waals surface area contributed by atoms with E-state index in [9.17, 15) is 35.9 Å². The number of hydrogen-bond donors (Lipinski definition) is 0. The molecule has 3 heterocycles. The van der Waals surface area contributed by atoms with Gasteiger partial charge in [0.05, 0.1) is 23.0 Å². The summed E-state index contributed by atoms with van der Waals surface area (Å²) in [6.45, 7) is 0.763. The molecule has 2 aliphatic rings. The lowest BCUT2D eigenvalue weighted by Gasteiger charge is -2.35. The molecule has 1 aromatic heterocycles. The monoisotopic (exact) mass is 490 g/mol. The fourth-order valence-corrected chi connectivity index (χ4v) is 4.06. The van der Waals surface area contributed by atoms with Gasteiger partial charge in [-0.05, 0) is 31.0 Å². The zero-order valence-electron chi connectivity index (χ0n) is 17.7. The van der Waals surface area contributed by atoms with Crippen LogP contribution in [0.15, 0.2) is 30.5 Å². The van der Waals surface area contributed by atoms with Gasteiger partial charge < -0.3 is 14.5 Å². The summed E-state index contributed by atoms with van der Waals surface area (Å²) in [7, 11) is 0. The zero-order chi connectivity index (χ0) is 24.7. The Kier molecular flexibility index (Phi) is 6.32. The summed E-state index contributed by atoms with van der Waals surface area (Å²) < 4.78 is 86.5. The van der Waals surface area contributed by atoms with E-state index < -0.39 is 46.9 Å². The molecule has 0 N–H and O–H groups in total. The summed E-state index contributed by atoms with van der Waals surface area (Å²) >= 11 is 0. The molecule has 0 aliphatic carbocycles. The van der Waals surface area contributed by atoms with Gasteiger partial charge in [-0.15, -0.1) is 0 Å². The van der Waals surface area contributed by atoms with Crippen LogP contribution < -0.4 is 0 Å². The maximum absolute atomic E-state index is 13.9. The molecular weight excluding hydrogens is 470 g/mol. The number of hydrogen-bond acceptors (Lipinski definition) is 4. The highest BCUT2D eigenvalue weighted by atomic mass is 19.4. The van der Waals surface area contributed by atoms with Crippen molar-refractivity contribution in [3.63, 3.8) is 0 Å². The van der Waals surface area contributed by atoms with Gasteiger partial charge in [-0.3, -0.25) is 9.59 Å². The van der Waals surface area contributed by atoms with Crippen molar-refractivity contribution in [3.8, 4) is 5.69 Å². The third-order valence-corrected chi connectivity index (χ3v) is 5.77. The van der Waals surface area contributed by atoms with Crippen LogP contribution in [0, 0.1) is 0 Å². The van der Waals surface area contributed by atoms with Crippen molar-refractivity contribution in [1.82, 2.24) is 19.6 Å². The standard InChI is InChI=1S/C21H20F6N4O3/c22-20(23,24)13-3-1-4-14(11-13)31-17(21(25,26)27)15(12-28-31)18(32)29-6-8-30(9-7-29)19(33)16-5-2-10-34-16/h1,3-4,11-12,16H,2,5-10H2/t16-/m0/s1. The van der Waals surface area contributed by atoms with Gasteiger partial charge in [0, 0.05) is 32.8 Å². The van der Waals surface area contributed by atoms with Crippen LogP contribution in [-0.4, -0.2) is 70.3 Å². The molecule has 7 nitrogen and oxygen atoms in total. The lowest BCUT2D eigenvalue weighted by atomic mass is 10.1. The van der Waals surface area contributed by atoms with Crippen molar-refractivity contribution in [2.75, 3.05) is 32.8 Å². The maximum Gasteiger partial charge on any atom is 0.434 e. The summed E-state index contributed by atoms with van der Waals surface area (Å²) in [5.74, 6) is -1.17. The molecule has 34 heavy (non-hydrogen) atoms. The second kappa shape index (κ2) is 8.93.